The Morgan fingerprint density at radius 2 is 1.73 bits per heavy atom. The summed E-state index contributed by atoms with van der Waals surface area (Å²) in [6, 6.07) is 14.8. The number of ether oxygens (including phenoxy) is 3. The molecule has 2 aliphatic rings. The molecule has 0 radical (unpaired) electrons. The van der Waals surface area contributed by atoms with Gasteiger partial charge in [0.05, 0.1) is 32.0 Å². The molecule has 52 heavy (non-hydrogen) atoms. The third-order valence-corrected chi connectivity index (χ3v) is 9.52. The smallest absolute Gasteiger partial charge is 0.270 e. The van der Waals surface area contributed by atoms with Crippen molar-refractivity contribution in [1.29, 1.82) is 0 Å². The number of halogens is 1. The van der Waals surface area contributed by atoms with Crippen LogP contribution < -0.4 is 14.4 Å². The number of benzene rings is 2. The van der Waals surface area contributed by atoms with Gasteiger partial charge in [0.2, 0.25) is 5.91 Å². The molecular weight excluding hydrogens is 667 g/mol. The zero-order chi connectivity index (χ0) is 36.0. The zero-order valence-corrected chi connectivity index (χ0v) is 29.3. The van der Waals surface area contributed by atoms with Crippen LogP contribution in [0.25, 0.3) is 27.6 Å². The average Bonchev–Trinajstić information content (AvgIpc) is 3.89. The maximum absolute atomic E-state index is 16.7. The van der Waals surface area contributed by atoms with Crippen molar-refractivity contribution in [3.8, 4) is 22.6 Å². The highest BCUT2D eigenvalue weighted by atomic mass is 19.1. The molecule has 0 unspecified atom stereocenters. The fourth-order valence-corrected chi connectivity index (χ4v) is 6.83. The fraction of sp³-hybridized carbons (Fsp3) is 0.342. The minimum absolute atomic E-state index is 0.0433. The molecule has 5 aromatic rings. The van der Waals surface area contributed by atoms with E-state index in [4.69, 9.17) is 14.2 Å². The predicted molar refractivity (Wildman–Crippen MR) is 194 cm³/mol. The van der Waals surface area contributed by atoms with Gasteiger partial charge in [-0.1, -0.05) is 29.5 Å². The van der Waals surface area contributed by atoms with Gasteiger partial charge in [-0.3, -0.25) is 14.3 Å². The van der Waals surface area contributed by atoms with E-state index in [2.05, 4.69) is 25.2 Å². The Hall–Kier alpha value is -5.76. The number of amides is 2. The van der Waals surface area contributed by atoms with E-state index in [1.54, 1.807) is 53.4 Å². The van der Waals surface area contributed by atoms with Gasteiger partial charge in [0.1, 0.15) is 18.1 Å². The van der Waals surface area contributed by atoms with Crippen molar-refractivity contribution in [2.75, 3.05) is 71.6 Å². The van der Waals surface area contributed by atoms with Crippen LogP contribution in [0.5, 0.6) is 11.5 Å². The van der Waals surface area contributed by atoms with E-state index in [1.807, 2.05) is 48.5 Å². The van der Waals surface area contributed by atoms with Crippen molar-refractivity contribution < 1.29 is 28.2 Å². The first kappa shape index (κ1) is 34.7. The summed E-state index contributed by atoms with van der Waals surface area (Å²) < 4.78 is 35.1. The number of aryl methyl sites for hydroxylation is 1. The monoisotopic (exact) mass is 708 g/mol. The first-order valence-corrected chi connectivity index (χ1v) is 17.4. The number of carbonyl (C=O) groups excluding carboxylic acids is 2. The largest absolute Gasteiger partial charge is 0.496 e. The van der Waals surface area contributed by atoms with Crippen LogP contribution >= 0.6 is 0 Å². The Bertz CT molecular complexity index is 2070. The number of nitrogens with zero attached hydrogens (tertiary/aromatic N) is 7. The average molecular weight is 709 g/mol. The maximum atomic E-state index is 16.7. The Balaban J connectivity index is 1.16. The van der Waals surface area contributed by atoms with E-state index >= 15 is 4.39 Å². The van der Waals surface area contributed by atoms with Gasteiger partial charge in [0.15, 0.2) is 17.4 Å². The molecule has 0 saturated carbocycles. The standard InChI is InChI=1S/C38H41FN8O5/c1-50-21-22-52-33-10-5-12-40-37(33)44-17-19-45(20-18-44)38(49)31-24-30-29(27-8-3-4-9-32(27)51-2)23-28(35(39)36(30)42-31)26-7-6-14-46(25-26)34(48)11-15-47-16-13-41-43-47/h3-5,7-10,12-13,16,23-24,42H,6,11,14-15,17-22,25H2,1-2H3. The van der Waals surface area contributed by atoms with Crippen LogP contribution in [0.3, 0.4) is 0 Å². The van der Waals surface area contributed by atoms with Crippen molar-refractivity contribution in [2.45, 2.75) is 19.4 Å². The molecule has 14 heteroatoms. The van der Waals surface area contributed by atoms with E-state index in [0.717, 1.165) is 16.9 Å². The summed E-state index contributed by atoms with van der Waals surface area (Å²) in [6.45, 7) is 4.08. The van der Waals surface area contributed by atoms with Gasteiger partial charge in [0.25, 0.3) is 5.91 Å². The van der Waals surface area contributed by atoms with Gasteiger partial charge in [-0.15, -0.1) is 5.10 Å². The lowest BCUT2D eigenvalue weighted by molar-refractivity contribution is -0.131. The SMILES string of the molecule is COCCOc1cccnc1N1CCN(C(=O)c2cc3c(-c4ccccc4OC)cc(C4=CCCN(C(=O)CCn5ccnn5)C4)c(F)c3[nH]2)CC1. The second-order valence-corrected chi connectivity index (χ2v) is 12.7. The highest BCUT2D eigenvalue weighted by Gasteiger charge is 2.29. The van der Waals surface area contributed by atoms with Gasteiger partial charge in [0, 0.05) is 81.7 Å². The van der Waals surface area contributed by atoms with Crippen molar-refractivity contribution in [1.82, 2.24) is 34.8 Å². The van der Waals surface area contributed by atoms with Crippen LogP contribution in [0.4, 0.5) is 10.2 Å². The quantitative estimate of drug-likeness (QED) is 0.184. The van der Waals surface area contributed by atoms with Crippen molar-refractivity contribution in [3.63, 3.8) is 0 Å². The molecule has 0 bridgehead atoms. The number of aromatic amines is 1. The number of aromatic nitrogens is 5. The summed E-state index contributed by atoms with van der Waals surface area (Å²) in [5, 5.41) is 8.31. The molecule has 1 N–H and O–H groups in total. The molecule has 2 aliphatic heterocycles. The lowest BCUT2D eigenvalue weighted by atomic mass is 9.93. The van der Waals surface area contributed by atoms with Crippen LogP contribution in [0.15, 0.2) is 73.2 Å². The van der Waals surface area contributed by atoms with Crippen LogP contribution in [-0.2, 0) is 16.1 Å². The van der Waals surface area contributed by atoms with E-state index in [1.165, 1.54) is 0 Å². The van der Waals surface area contributed by atoms with Crippen LogP contribution in [0, 0.1) is 5.82 Å². The Morgan fingerprint density at radius 3 is 2.52 bits per heavy atom. The normalized spacial score (nSPS) is 14.8. The molecule has 7 rings (SSSR count). The number of rotatable bonds is 12. The predicted octanol–water partition coefficient (Wildman–Crippen LogP) is 4.66. The lowest BCUT2D eigenvalue weighted by Crippen LogP contribution is -2.49. The molecule has 1 fully saturated rings. The number of para-hydroxylation sites is 1. The molecule has 2 aromatic carbocycles. The molecule has 1 saturated heterocycles. The lowest BCUT2D eigenvalue weighted by Gasteiger charge is -2.35. The molecule has 0 aliphatic carbocycles. The number of carbonyl (C=O) groups is 2. The molecule has 0 atom stereocenters. The molecule has 0 spiro atoms. The fourth-order valence-electron chi connectivity index (χ4n) is 6.83. The maximum Gasteiger partial charge on any atom is 0.270 e. The van der Waals surface area contributed by atoms with Gasteiger partial charge in [-0.2, -0.15) is 0 Å². The molecule has 13 nitrogen and oxygen atoms in total. The topological polar surface area (TPSA) is 131 Å². The molecule has 270 valence electrons. The highest BCUT2D eigenvalue weighted by Crippen LogP contribution is 2.40. The molecule has 3 aromatic heterocycles. The Labute approximate surface area is 300 Å². The number of fused-ring (bicyclic) bond motifs is 1. The van der Waals surface area contributed by atoms with E-state index < -0.39 is 5.82 Å². The Morgan fingerprint density at radius 1 is 0.904 bits per heavy atom. The highest BCUT2D eigenvalue weighted by molar-refractivity contribution is 6.05. The van der Waals surface area contributed by atoms with Gasteiger partial charge in [-0.05, 0) is 47.9 Å². The molecular formula is C38H41FN8O5. The second-order valence-electron chi connectivity index (χ2n) is 12.7. The number of methoxy groups -OCH3 is 2. The van der Waals surface area contributed by atoms with Crippen LogP contribution in [0.2, 0.25) is 0 Å². The molecule has 2 amide bonds. The number of pyridine rings is 1. The van der Waals surface area contributed by atoms with Gasteiger partial charge < -0.3 is 33.9 Å². The molecule has 5 heterocycles. The number of hydrogen-bond acceptors (Lipinski definition) is 9. The summed E-state index contributed by atoms with van der Waals surface area (Å²) in [5.74, 6) is 1.27. The van der Waals surface area contributed by atoms with Crippen molar-refractivity contribution >= 4 is 34.1 Å². The van der Waals surface area contributed by atoms with Gasteiger partial charge >= 0.3 is 0 Å². The first-order chi connectivity index (χ1) is 25.4. The van der Waals surface area contributed by atoms with E-state index in [9.17, 15) is 9.59 Å². The first-order valence-electron chi connectivity index (χ1n) is 17.4. The van der Waals surface area contributed by atoms with E-state index in [0.29, 0.717) is 92.6 Å². The Kier molecular flexibility index (Phi) is 10.4. The summed E-state index contributed by atoms with van der Waals surface area (Å²) in [5.41, 5.74) is 3.07. The minimum Gasteiger partial charge on any atom is -0.496 e. The number of piperazine rings is 1. The minimum atomic E-state index is -0.475. The second kappa shape index (κ2) is 15.6. The van der Waals surface area contributed by atoms with Gasteiger partial charge in [-0.25, -0.2) is 9.37 Å². The summed E-state index contributed by atoms with van der Waals surface area (Å²) in [7, 11) is 3.22. The summed E-state index contributed by atoms with van der Waals surface area (Å²) in [6.07, 6.45) is 7.85. The number of hydrogen-bond donors (Lipinski definition) is 1. The van der Waals surface area contributed by atoms with E-state index in [-0.39, 0.29) is 30.3 Å². The third-order valence-electron chi connectivity index (χ3n) is 9.52. The summed E-state index contributed by atoms with van der Waals surface area (Å²) >= 11 is 0. The summed E-state index contributed by atoms with van der Waals surface area (Å²) in [4.78, 5) is 40.5. The van der Waals surface area contributed by atoms with Crippen molar-refractivity contribution in [2.24, 2.45) is 0 Å². The number of anilines is 1. The van der Waals surface area contributed by atoms with Crippen LogP contribution in [-0.4, -0.2) is 113 Å². The van der Waals surface area contributed by atoms with Crippen molar-refractivity contribution in [3.05, 3.63) is 90.3 Å². The number of H-pyrrole nitrogens is 1. The zero-order valence-electron chi connectivity index (χ0n) is 29.3. The third kappa shape index (κ3) is 7.19. The number of nitrogens with one attached hydrogen (secondary N) is 1. The van der Waals surface area contributed by atoms with Crippen LogP contribution in [0.1, 0.15) is 28.9 Å².